The van der Waals surface area contributed by atoms with E-state index in [-0.39, 0.29) is 11.8 Å². The number of carbonyl (C=O) groups excluding carboxylic acids is 1. The molecule has 0 radical (unpaired) electrons. The number of alkyl halides is 1. The van der Waals surface area contributed by atoms with E-state index in [1.807, 2.05) is 14.0 Å². The Hall–Kier alpha value is -1.23. The van der Waals surface area contributed by atoms with Crippen molar-refractivity contribution >= 4 is 23.7 Å². The lowest BCUT2D eigenvalue weighted by Crippen LogP contribution is -2.44. The highest BCUT2D eigenvalue weighted by Gasteiger charge is 2.36. The normalized spacial score (nSPS) is 31.4. The average molecular weight is 297 g/mol. The van der Waals surface area contributed by atoms with Crippen LogP contribution in [0.25, 0.3) is 0 Å². The van der Waals surface area contributed by atoms with Gasteiger partial charge in [0, 0.05) is 19.6 Å². The summed E-state index contributed by atoms with van der Waals surface area (Å²) in [6.45, 7) is 2.74. The molecule has 0 spiro atoms. The van der Waals surface area contributed by atoms with Crippen molar-refractivity contribution in [2.45, 2.75) is 44.3 Å². The van der Waals surface area contributed by atoms with Crippen LogP contribution in [-0.2, 0) is 4.79 Å². The SMILES string of the molecule is CC1CN(C2CCCC2)C2=C(C=NC(Cl)N2)N(C)C1=O. The molecule has 0 saturated heterocycles. The number of rotatable bonds is 1. The Balaban J connectivity index is 2.00. The second-order valence-corrected chi connectivity index (χ2v) is 6.29. The fourth-order valence-electron chi connectivity index (χ4n) is 3.36. The summed E-state index contributed by atoms with van der Waals surface area (Å²) in [4.78, 5) is 20.6. The third kappa shape index (κ3) is 2.28. The first-order valence-corrected chi connectivity index (χ1v) is 7.74. The minimum atomic E-state index is -0.449. The van der Waals surface area contributed by atoms with Crippen molar-refractivity contribution in [3.8, 4) is 0 Å². The lowest BCUT2D eigenvalue weighted by Gasteiger charge is -2.35. The van der Waals surface area contributed by atoms with Crippen LogP contribution in [0.3, 0.4) is 0 Å². The van der Waals surface area contributed by atoms with Gasteiger partial charge in [-0.15, -0.1) is 0 Å². The Labute approximate surface area is 124 Å². The Morgan fingerprint density at radius 2 is 2.10 bits per heavy atom. The molecular weight excluding hydrogens is 276 g/mol. The molecule has 20 heavy (non-hydrogen) atoms. The molecule has 1 saturated carbocycles. The summed E-state index contributed by atoms with van der Waals surface area (Å²) in [5, 5.41) is 3.24. The lowest BCUT2D eigenvalue weighted by molar-refractivity contribution is -0.131. The third-order valence-electron chi connectivity index (χ3n) is 4.46. The number of halogens is 1. The van der Waals surface area contributed by atoms with Gasteiger partial charge in [-0.2, -0.15) is 0 Å². The van der Waals surface area contributed by atoms with Gasteiger partial charge in [0.15, 0.2) is 5.62 Å². The minimum Gasteiger partial charge on any atom is -0.353 e. The summed E-state index contributed by atoms with van der Waals surface area (Å²) in [7, 11) is 1.81. The van der Waals surface area contributed by atoms with Gasteiger partial charge in [0.25, 0.3) is 0 Å². The van der Waals surface area contributed by atoms with Gasteiger partial charge >= 0.3 is 0 Å². The zero-order valence-electron chi connectivity index (χ0n) is 12.0. The average Bonchev–Trinajstić information content (AvgIpc) is 2.94. The highest BCUT2D eigenvalue weighted by atomic mass is 35.5. The standard InChI is InChI=1S/C14H21ClN4O/c1-9-8-19(10-5-3-4-6-10)12-11(18(2)13(9)20)7-16-14(15)17-12/h7,9-10,14,17H,3-6,8H2,1-2H3. The van der Waals surface area contributed by atoms with Crippen molar-refractivity contribution in [2.75, 3.05) is 13.6 Å². The van der Waals surface area contributed by atoms with Crippen molar-refractivity contribution in [1.29, 1.82) is 0 Å². The van der Waals surface area contributed by atoms with Gasteiger partial charge in [-0.1, -0.05) is 31.4 Å². The van der Waals surface area contributed by atoms with Crippen LogP contribution in [0, 0.1) is 5.92 Å². The van der Waals surface area contributed by atoms with E-state index in [2.05, 4.69) is 15.2 Å². The van der Waals surface area contributed by atoms with E-state index < -0.39 is 5.62 Å². The molecule has 110 valence electrons. The summed E-state index contributed by atoms with van der Waals surface area (Å²) in [5.74, 6) is 1.08. The molecule has 3 rings (SSSR count). The molecule has 1 fully saturated rings. The molecule has 6 heteroatoms. The molecule has 0 aromatic carbocycles. The number of nitrogens with zero attached hydrogens (tertiary/aromatic N) is 3. The van der Waals surface area contributed by atoms with E-state index in [0.717, 1.165) is 18.1 Å². The van der Waals surface area contributed by atoms with Crippen LogP contribution in [0.2, 0.25) is 0 Å². The zero-order valence-corrected chi connectivity index (χ0v) is 12.7. The maximum absolute atomic E-state index is 12.4. The molecule has 2 heterocycles. The number of amides is 1. The monoisotopic (exact) mass is 296 g/mol. The van der Waals surface area contributed by atoms with Crippen LogP contribution in [0.15, 0.2) is 16.5 Å². The first-order valence-electron chi connectivity index (χ1n) is 7.30. The third-order valence-corrected chi connectivity index (χ3v) is 4.68. The summed E-state index contributed by atoms with van der Waals surface area (Å²) >= 11 is 6.11. The van der Waals surface area contributed by atoms with E-state index in [1.54, 1.807) is 11.1 Å². The second kappa shape index (κ2) is 5.28. The number of carbonyl (C=O) groups is 1. The largest absolute Gasteiger partial charge is 0.353 e. The molecule has 2 unspecified atom stereocenters. The number of hydrogen-bond donors (Lipinski definition) is 1. The smallest absolute Gasteiger partial charge is 0.231 e. The predicted octanol–water partition coefficient (Wildman–Crippen LogP) is 1.70. The van der Waals surface area contributed by atoms with Crippen LogP contribution >= 0.6 is 11.6 Å². The molecular formula is C14H21ClN4O. The molecule has 1 aliphatic carbocycles. The fourth-order valence-corrected chi connectivity index (χ4v) is 3.52. The number of aliphatic imine (C=N–C) groups is 1. The maximum Gasteiger partial charge on any atom is 0.231 e. The van der Waals surface area contributed by atoms with E-state index in [0.29, 0.717) is 6.04 Å². The summed E-state index contributed by atoms with van der Waals surface area (Å²) in [6.07, 6.45) is 6.63. The predicted molar refractivity (Wildman–Crippen MR) is 79.2 cm³/mol. The van der Waals surface area contributed by atoms with Gasteiger partial charge in [0.2, 0.25) is 5.91 Å². The Kier molecular flexibility index (Phi) is 3.63. The number of nitrogens with one attached hydrogen (secondary N) is 1. The summed E-state index contributed by atoms with van der Waals surface area (Å²) < 4.78 is 0. The molecule has 3 aliphatic rings. The first-order chi connectivity index (χ1) is 9.58. The Morgan fingerprint density at radius 3 is 2.80 bits per heavy atom. The lowest BCUT2D eigenvalue weighted by atomic mass is 10.1. The van der Waals surface area contributed by atoms with Crippen LogP contribution in [0.5, 0.6) is 0 Å². The second-order valence-electron chi connectivity index (χ2n) is 5.88. The molecule has 2 atom stereocenters. The van der Waals surface area contributed by atoms with Crippen molar-refractivity contribution in [3.63, 3.8) is 0 Å². The van der Waals surface area contributed by atoms with Gasteiger partial charge in [0.1, 0.15) is 11.5 Å². The fraction of sp³-hybridized carbons (Fsp3) is 0.714. The van der Waals surface area contributed by atoms with E-state index in [1.165, 1.54) is 25.7 Å². The molecule has 0 bridgehead atoms. The molecule has 0 aromatic heterocycles. The van der Waals surface area contributed by atoms with Gasteiger partial charge in [-0.05, 0) is 12.8 Å². The van der Waals surface area contributed by atoms with E-state index >= 15 is 0 Å². The van der Waals surface area contributed by atoms with Gasteiger partial charge in [-0.3, -0.25) is 9.79 Å². The van der Waals surface area contributed by atoms with Crippen molar-refractivity contribution < 1.29 is 4.79 Å². The van der Waals surface area contributed by atoms with Crippen molar-refractivity contribution in [3.05, 3.63) is 11.5 Å². The number of allylic oxidation sites excluding steroid dienone is 1. The van der Waals surface area contributed by atoms with E-state index in [4.69, 9.17) is 11.6 Å². The van der Waals surface area contributed by atoms with Gasteiger partial charge < -0.3 is 15.1 Å². The maximum atomic E-state index is 12.4. The van der Waals surface area contributed by atoms with Crippen molar-refractivity contribution in [2.24, 2.45) is 10.9 Å². The molecule has 1 N–H and O–H groups in total. The molecule has 2 aliphatic heterocycles. The van der Waals surface area contributed by atoms with Crippen LogP contribution in [0.1, 0.15) is 32.6 Å². The zero-order chi connectivity index (χ0) is 14.3. The van der Waals surface area contributed by atoms with Gasteiger partial charge in [0.05, 0.1) is 12.1 Å². The summed E-state index contributed by atoms with van der Waals surface area (Å²) in [5.41, 5.74) is 0.387. The Bertz CT molecular complexity index is 470. The number of hydrogen-bond acceptors (Lipinski definition) is 4. The first kappa shape index (κ1) is 13.7. The van der Waals surface area contributed by atoms with Crippen LogP contribution in [0.4, 0.5) is 0 Å². The van der Waals surface area contributed by atoms with E-state index in [9.17, 15) is 4.79 Å². The Morgan fingerprint density at radius 1 is 1.40 bits per heavy atom. The molecule has 0 aromatic rings. The molecule has 5 nitrogen and oxygen atoms in total. The molecule has 1 amide bonds. The highest BCUT2D eigenvalue weighted by molar-refractivity contribution is 6.21. The van der Waals surface area contributed by atoms with Crippen LogP contribution in [-0.4, -0.2) is 47.2 Å². The minimum absolute atomic E-state index is 0.0184. The topological polar surface area (TPSA) is 47.9 Å². The van der Waals surface area contributed by atoms with Crippen molar-refractivity contribution in [1.82, 2.24) is 15.1 Å². The van der Waals surface area contributed by atoms with Crippen LogP contribution < -0.4 is 5.32 Å². The summed E-state index contributed by atoms with van der Waals surface area (Å²) in [6, 6.07) is 0.504. The van der Waals surface area contributed by atoms with Gasteiger partial charge in [-0.25, -0.2) is 0 Å². The highest BCUT2D eigenvalue weighted by Crippen LogP contribution is 2.31. The quantitative estimate of drug-likeness (QED) is 0.592.